The molecule has 1 N–H and O–H groups in total. The van der Waals surface area contributed by atoms with E-state index in [0.717, 1.165) is 0 Å². The van der Waals surface area contributed by atoms with E-state index in [1.54, 1.807) is 10.9 Å². The maximum Gasteiger partial charge on any atom is 0.251 e. The van der Waals surface area contributed by atoms with Crippen molar-refractivity contribution in [2.24, 2.45) is 0 Å². The first-order valence-electron chi connectivity index (χ1n) is 5.37. The second-order valence-electron chi connectivity index (χ2n) is 3.68. The quantitative estimate of drug-likeness (QED) is 0.922. The fourth-order valence-corrected chi connectivity index (χ4v) is 1.60. The summed E-state index contributed by atoms with van der Waals surface area (Å²) in [6.45, 7) is 0.952. The lowest BCUT2D eigenvalue weighted by Crippen LogP contribution is -2.27. The Morgan fingerprint density at radius 2 is 2.11 bits per heavy atom. The second kappa shape index (κ2) is 5.64. The number of nitrogens with zero attached hydrogens (tertiary/aromatic N) is 2. The van der Waals surface area contributed by atoms with Gasteiger partial charge in [0.1, 0.15) is 5.82 Å². The third-order valence-electron chi connectivity index (χ3n) is 2.33. The molecule has 0 aliphatic rings. The Labute approximate surface area is 108 Å². The van der Waals surface area contributed by atoms with Crippen LogP contribution in [0.1, 0.15) is 10.4 Å². The number of benzene rings is 1. The average molecular weight is 268 g/mol. The smallest absolute Gasteiger partial charge is 0.251 e. The van der Waals surface area contributed by atoms with Gasteiger partial charge >= 0.3 is 0 Å². The Morgan fingerprint density at radius 3 is 2.72 bits per heavy atom. The summed E-state index contributed by atoms with van der Waals surface area (Å²) in [5, 5.41) is 7.25. The van der Waals surface area contributed by atoms with Crippen molar-refractivity contribution in [3.8, 4) is 0 Å². The van der Waals surface area contributed by atoms with E-state index in [2.05, 4.69) is 10.4 Å². The van der Waals surface area contributed by atoms with Crippen LogP contribution in [0.15, 0.2) is 36.7 Å². The van der Waals surface area contributed by atoms with Crippen LogP contribution in [0.25, 0.3) is 0 Å². The van der Waals surface area contributed by atoms with Gasteiger partial charge < -0.3 is 5.32 Å². The van der Waals surface area contributed by atoms with E-state index in [1.165, 1.54) is 30.5 Å². The minimum atomic E-state index is -0.363. The zero-order valence-electron chi connectivity index (χ0n) is 9.44. The van der Waals surface area contributed by atoms with Gasteiger partial charge in [-0.1, -0.05) is 11.6 Å². The predicted octanol–water partition coefficient (Wildman–Crippen LogP) is 2.11. The number of nitrogens with one attached hydrogen (secondary N) is 1. The van der Waals surface area contributed by atoms with Crippen molar-refractivity contribution in [3.05, 3.63) is 53.1 Å². The standard InChI is InChI=1S/C12H11ClFN3O/c13-10-7-16-17(8-10)6-5-15-12(18)9-1-3-11(14)4-2-9/h1-4,7-8H,5-6H2,(H,15,18). The number of carbonyl (C=O) groups is 1. The van der Waals surface area contributed by atoms with Crippen molar-refractivity contribution in [1.29, 1.82) is 0 Å². The molecule has 94 valence electrons. The van der Waals surface area contributed by atoms with Crippen LogP contribution >= 0.6 is 11.6 Å². The third-order valence-corrected chi connectivity index (χ3v) is 2.53. The van der Waals surface area contributed by atoms with Crippen molar-refractivity contribution < 1.29 is 9.18 Å². The van der Waals surface area contributed by atoms with Crippen molar-refractivity contribution in [1.82, 2.24) is 15.1 Å². The number of carbonyl (C=O) groups excluding carboxylic acids is 1. The number of rotatable bonds is 4. The maximum atomic E-state index is 12.7. The van der Waals surface area contributed by atoms with Gasteiger partial charge in [-0.25, -0.2) is 4.39 Å². The predicted molar refractivity (Wildman–Crippen MR) is 66.0 cm³/mol. The van der Waals surface area contributed by atoms with E-state index in [4.69, 9.17) is 11.6 Å². The van der Waals surface area contributed by atoms with E-state index in [0.29, 0.717) is 23.7 Å². The summed E-state index contributed by atoms with van der Waals surface area (Å²) in [6.07, 6.45) is 3.20. The first-order chi connectivity index (χ1) is 8.65. The minimum Gasteiger partial charge on any atom is -0.350 e. The number of halogens is 2. The molecule has 2 aromatic rings. The molecular formula is C12H11ClFN3O. The molecule has 0 aliphatic carbocycles. The highest BCUT2D eigenvalue weighted by Gasteiger charge is 2.04. The molecular weight excluding hydrogens is 257 g/mol. The Morgan fingerprint density at radius 1 is 1.39 bits per heavy atom. The SMILES string of the molecule is O=C(NCCn1cc(Cl)cn1)c1ccc(F)cc1. The molecule has 0 saturated heterocycles. The summed E-state index contributed by atoms with van der Waals surface area (Å²) in [5.41, 5.74) is 0.426. The molecule has 18 heavy (non-hydrogen) atoms. The van der Waals surface area contributed by atoms with Crippen LogP contribution in [0.2, 0.25) is 5.02 Å². The van der Waals surface area contributed by atoms with Crippen molar-refractivity contribution >= 4 is 17.5 Å². The molecule has 0 aliphatic heterocycles. The molecule has 2 rings (SSSR count). The van der Waals surface area contributed by atoms with E-state index >= 15 is 0 Å². The molecule has 0 spiro atoms. The van der Waals surface area contributed by atoms with Gasteiger partial charge in [-0.2, -0.15) is 5.10 Å². The molecule has 1 aromatic heterocycles. The third kappa shape index (κ3) is 3.30. The lowest BCUT2D eigenvalue weighted by Gasteiger charge is -2.05. The van der Waals surface area contributed by atoms with Crippen LogP contribution in [-0.4, -0.2) is 22.2 Å². The van der Waals surface area contributed by atoms with E-state index < -0.39 is 0 Å². The van der Waals surface area contributed by atoms with Gasteiger partial charge in [-0.05, 0) is 24.3 Å². The largest absolute Gasteiger partial charge is 0.350 e. The fraction of sp³-hybridized carbons (Fsp3) is 0.167. The molecule has 0 bridgehead atoms. The highest BCUT2D eigenvalue weighted by atomic mass is 35.5. The highest BCUT2D eigenvalue weighted by molar-refractivity contribution is 6.30. The summed E-state index contributed by atoms with van der Waals surface area (Å²) >= 11 is 5.71. The monoisotopic (exact) mass is 267 g/mol. The van der Waals surface area contributed by atoms with Crippen LogP contribution in [0, 0.1) is 5.82 Å². The van der Waals surface area contributed by atoms with Crippen molar-refractivity contribution in [2.75, 3.05) is 6.54 Å². The zero-order chi connectivity index (χ0) is 13.0. The van der Waals surface area contributed by atoms with Gasteiger partial charge in [0.05, 0.1) is 17.8 Å². The average Bonchev–Trinajstić information content (AvgIpc) is 2.76. The van der Waals surface area contributed by atoms with E-state index in [-0.39, 0.29) is 11.7 Å². The Balaban J connectivity index is 1.83. The van der Waals surface area contributed by atoms with Crippen molar-refractivity contribution in [2.45, 2.75) is 6.54 Å². The second-order valence-corrected chi connectivity index (χ2v) is 4.12. The first kappa shape index (κ1) is 12.6. The van der Waals surface area contributed by atoms with Crippen molar-refractivity contribution in [3.63, 3.8) is 0 Å². The van der Waals surface area contributed by atoms with Gasteiger partial charge in [-0.3, -0.25) is 9.48 Å². The number of hydrogen-bond donors (Lipinski definition) is 1. The van der Waals surface area contributed by atoms with Crippen LogP contribution in [0.3, 0.4) is 0 Å². The molecule has 1 amide bonds. The molecule has 0 fully saturated rings. The molecule has 0 saturated carbocycles. The fourth-order valence-electron chi connectivity index (χ4n) is 1.45. The zero-order valence-corrected chi connectivity index (χ0v) is 10.2. The number of aromatic nitrogens is 2. The summed E-state index contributed by atoms with van der Waals surface area (Å²) < 4.78 is 14.3. The van der Waals surface area contributed by atoms with E-state index in [1.807, 2.05) is 0 Å². The van der Waals surface area contributed by atoms with Crippen LogP contribution < -0.4 is 5.32 Å². The molecule has 4 nitrogen and oxygen atoms in total. The normalized spacial score (nSPS) is 10.3. The summed E-state index contributed by atoms with van der Waals surface area (Å²) in [4.78, 5) is 11.7. The van der Waals surface area contributed by atoms with Crippen LogP contribution in [-0.2, 0) is 6.54 Å². The topological polar surface area (TPSA) is 46.9 Å². The Kier molecular flexibility index (Phi) is 3.94. The molecule has 1 heterocycles. The lowest BCUT2D eigenvalue weighted by atomic mass is 10.2. The Bertz CT molecular complexity index is 539. The first-order valence-corrected chi connectivity index (χ1v) is 5.74. The highest BCUT2D eigenvalue weighted by Crippen LogP contribution is 2.04. The summed E-state index contributed by atoms with van der Waals surface area (Å²) in [5.74, 6) is -0.606. The van der Waals surface area contributed by atoms with Gasteiger partial charge in [-0.15, -0.1) is 0 Å². The maximum absolute atomic E-state index is 12.7. The summed E-state index contributed by atoms with van der Waals surface area (Å²) in [6, 6.07) is 5.38. The lowest BCUT2D eigenvalue weighted by molar-refractivity contribution is 0.0952. The van der Waals surface area contributed by atoms with Gasteiger partial charge in [0.25, 0.3) is 5.91 Å². The molecule has 1 aromatic carbocycles. The molecule has 6 heteroatoms. The number of amides is 1. The minimum absolute atomic E-state index is 0.242. The Hall–Kier alpha value is -1.88. The van der Waals surface area contributed by atoms with Crippen LogP contribution in [0.5, 0.6) is 0 Å². The van der Waals surface area contributed by atoms with Crippen LogP contribution in [0.4, 0.5) is 4.39 Å². The van der Waals surface area contributed by atoms with Gasteiger partial charge in [0.2, 0.25) is 0 Å². The van der Waals surface area contributed by atoms with Gasteiger partial charge in [0, 0.05) is 18.3 Å². The van der Waals surface area contributed by atoms with Gasteiger partial charge in [0.15, 0.2) is 0 Å². The number of hydrogen-bond acceptors (Lipinski definition) is 2. The van der Waals surface area contributed by atoms with E-state index in [9.17, 15) is 9.18 Å². The summed E-state index contributed by atoms with van der Waals surface area (Å²) in [7, 11) is 0. The molecule has 0 atom stereocenters. The molecule has 0 radical (unpaired) electrons. The molecule has 0 unspecified atom stereocenters.